The molecule has 0 bridgehead atoms. The van der Waals surface area contributed by atoms with Crippen molar-refractivity contribution in [2.45, 2.75) is 11.5 Å². The highest BCUT2D eigenvalue weighted by atomic mass is 14.9. The lowest BCUT2D eigenvalue weighted by Gasteiger charge is -2.40. The molecule has 1 unspecified atom stereocenters. The van der Waals surface area contributed by atoms with Crippen LogP contribution in [0.25, 0.3) is 39.1 Å². The van der Waals surface area contributed by atoms with Gasteiger partial charge in [0.1, 0.15) is 0 Å². The van der Waals surface area contributed by atoms with Gasteiger partial charge >= 0.3 is 0 Å². The van der Waals surface area contributed by atoms with Crippen LogP contribution in [0, 0.1) is 0 Å². The Labute approximate surface area is 316 Å². The maximum Gasteiger partial charge on any atom is 0.0754 e. The van der Waals surface area contributed by atoms with Crippen LogP contribution < -0.4 is 11.1 Å². The molecule has 0 amide bonds. The van der Waals surface area contributed by atoms with Crippen molar-refractivity contribution in [2.75, 3.05) is 5.32 Å². The first kappa shape index (κ1) is 31.9. The van der Waals surface area contributed by atoms with Crippen LogP contribution in [0.2, 0.25) is 0 Å². The van der Waals surface area contributed by atoms with Crippen molar-refractivity contribution >= 4 is 23.3 Å². The van der Waals surface area contributed by atoms with Crippen LogP contribution in [-0.4, -0.2) is 12.3 Å². The fraction of sp³-hybridized carbons (Fsp3) is 0.0392. The number of aliphatic imine (C=N–C) groups is 1. The van der Waals surface area contributed by atoms with E-state index < -0.39 is 5.41 Å². The SMILES string of the molecule is NC1C=CC=C/C1=C(/N=C/c1ccc(-c2cccc(-c3ccc4c(c3)C3(c5ccccc5Nc5ccccc53)c3ccccc3-4)c2)cc1)c1ccccc1. The van der Waals surface area contributed by atoms with Crippen molar-refractivity contribution in [3.63, 3.8) is 0 Å². The number of nitrogens with one attached hydrogen (secondary N) is 1. The average molecular weight is 692 g/mol. The van der Waals surface area contributed by atoms with Gasteiger partial charge in [0.2, 0.25) is 0 Å². The highest BCUT2D eigenvalue weighted by molar-refractivity contribution is 5.94. The van der Waals surface area contributed by atoms with Gasteiger partial charge in [-0.3, -0.25) is 4.99 Å². The van der Waals surface area contributed by atoms with Crippen molar-refractivity contribution < 1.29 is 0 Å². The summed E-state index contributed by atoms with van der Waals surface area (Å²) in [5.74, 6) is 0. The van der Waals surface area contributed by atoms with E-state index in [0.717, 1.165) is 39.3 Å². The lowest BCUT2D eigenvalue weighted by atomic mass is 9.65. The summed E-state index contributed by atoms with van der Waals surface area (Å²) in [6.45, 7) is 0. The first-order valence-corrected chi connectivity index (χ1v) is 18.5. The third kappa shape index (κ3) is 5.13. The Morgan fingerprint density at radius 1 is 0.537 bits per heavy atom. The van der Waals surface area contributed by atoms with E-state index in [1.807, 2.05) is 42.6 Å². The minimum atomic E-state index is -0.430. The standard InChI is InChI=1S/C51H37N3/c52-47-22-9-5-18-42(47)50(36-13-2-1-3-14-36)53-33-34-25-27-35(28-26-34)37-15-12-16-38(31-37)39-29-30-41-40-17-4-6-19-43(40)51(46(41)32-39)44-20-7-10-23-48(44)54-49-24-11-8-21-45(49)51/h1-33,47,54H,52H2/b50-42-,53-33+. The molecule has 1 spiro atoms. The van der Waals surface area contributed by atoms with Crippen LogP contribution in [0.15, 0.2) is 205 Å². The van der Waals surface area contributed by atoms with Gasteiger partial charge in [0.05, 0.1) is 17.2 Å². The van der Waals surface area contributed by atoms with Crippen molar-refractivity contribution in [1.82, 2.24) is 0 Å². The molecular weight excluding hydrogens is 655 g/mol. The molecule has 1 atom stereocenters. The second-order valence-electron chi connectivity index (χ2n) is 14.2. The Morgan fingerprint density at radius 2 is 1.15 bits per heavy atom. The first-order chi connectivity index (χ1) is 26.7. The predicted molar refractivity (Wildman–Crippen MR) is 225 cm³/mol. The van der Waals surface area contributed by atoms with E-state index in [4.69, 9.17) is 10.7 Å². The predicted octanol–water partition coefficient (Wildman–Crippen LogP) is 11.7. The fourth-order valence-corrected chi connectivity index (χ4v) is 8.65. The normalized spacial score (nSPS) is 16.7. The fourth-order valence-electron chi connectivity index (χ4n) is 8.65. The summed E-state index contributed by atoms with van der Waals surface area (Å²) in [7, 11) is 0. The van der Waals surface area contributed by atoms with Crippen molar-refractivity contribution in [3.8, 4) is 33.4 Å². The minimum absolute atomic E-state index is 0.199. The maximum absolute atomic E-state index is 6.47. The highest BCUT2D eigenvalue weighted by Gasteiger charge is 2.50. The highest BCUT2D eigenvalue weighted by Crippen LogP contribution is 2.61. The number of fused-ring (bicyclic) bond motifs is 9. The summed E-state index contributed by atoms with van der Waals surface area (Å²) in [4.78, 5) is 4.99. The molecule has 1 aliphatic heterocycles. The maximum atomic E-state index is 6.47. The van der Waals surface area contributed by atoms with E-state index in [-0.39, 0.29) is 6.04 Å². The molecule has 1 heterocycles. The van der Waals surface area contributed by atoms with Crippen LogP contribution in [0.3, 0.4) is 0 Å². The van der Waals surface area contributed by atoms with Gasteiger partial charge in [-0.1, -0.05) is 170 Å². The molecular formula is C51H37N3. The van der Waals surface area contributed by atoms with E-state index in [1.54, 1.807) is 0 Å². The molecule has 10 rings (SSSR count). The van der Waals surface area contributed by atoms with E-state index in [9.17, 15) is 0 Å². The van der Waals surface area contributed by atoms with E-state index in [1.165, 1.54) is 50.1 Å². The molecule has 3 heteroatoms. The quantitative estimate of drug-likeness (QED) is 0.177. The Kier molecular flexibility index (Phi) is 7.68. The molecule has 7 aromatic carbocycles. The van der Waals surface area contributed by atoms with Crippen LogP contribution in [0.1, 0.15) is 33.4 Å². The lowest BCUT2D eigenvalue weighted by Crippen LogP contribution is -2.33. The number of hydrogen-bond donors (Lipinski definition) is 2. The van der Waals surface area contributed by atoms with Gasteiger partial charge in [-0.15, -0.1) is 0 Å². The molecule has 0 saturated heterocycles. The smallest absolute Gasteiger partial charge is 0.0754 e. The van der Waals surface area contributed by atoms with E-state index in [2.05, 4.69) is 163 Å². The summed E-state index contributed by atoms with van der Waals surface area (Å²) >= 11 is 0. The molecule has 54 heavy (non-hydrogen) atoms. The van der Waals surface area contributed by atoms with Crippen LogP contribution in [0.4, 0.5) is 11.4 Å². The number of benzene rings is 7. The Balaban J connectivity index is 1.02. The van der Waals surface area contributed by atoms with Gasteiger partial charge < -0.3 is 11.1 Å². The second kappa shape index (κ2) is 13.0. The van der Waals surface area contributed by atoms with Crippen LogP contribution in [0.5, 0.6) is 0 Å². The number of allylic oxidation sites excluding steroid dienone is 2. The van der Waals surface area contributed by atoms with Crippen molar-refractivity contribution in [2.24, 2.45) is 10.7 Å². The van der Waals surface area contributed by atoms with E-state index in [0.29, 0.717) is 0 Å². The molecule has 0 fully saturated rings. The topological polar surface area (TPSA) is 50.4 Å². The number of anilines is 2. The number of hydrogen-bond acceptors (Lipinski definition) is 3. The lowest BCUT2D eigenvalue weighted by molar-refractivity contribution is 0.763. The molecule has 256 valence electrons. The Morgan fingerprint density at radius 3 is 1.89 bits per heavy atom. The van der Waals surface area contributed by atoms with Gasteiger partial charge in [0, 0.05) is 23.2 Å². The third-order valence-corrected chi connectivity index (χ3v) is 11.1. The number of nitrogens with zero attached hydrogens (tertiary/aromatic N) is 1. The van der Waals surface area contributed by atoms with Gasteiger partial charge in [-0.2, -0.15) is 0 Å². The van der Waals surface area contributed by atoms with Crippen LogP contribution in [-0.2, 0) is 5.41 Å². The number of rotatable bonds is 5. The number of nitrogens with two attached hydrogens (primary N) is 1. The number of para-hydroxylation sites is 2. The largest absolute Gasteiger partial charge is 0.355 e. The van der Waals surface area contributed by atoms with E-state index >= 15 is 0 Å². The zero-order chi connectivity index (χ0) is 36.1. The molecule has 0 radical (unpaired) electrons. The summed E-state index contributed by atoms with van der Waals surface area (Å²) in [6, 6.07) is 61.2. The summed E-state index contributed by atoms with van der Waals surface area (Å²) in [6.07, 6.45) is 10.0. The first-order valence-electron chi connectivity index (χ1n) is 18.5. The molecule has 3 aliphatic rings. The Bertz CT molecular complexity index is 2650. The average Bonchev–Trinajstić information content (AvgIpc) is 3.52. The van der Waals surface area contributed by atoms with Gasteiger partial charge in [0.25, 0.3) is 0 Å². The molecule has 7 aromatic rings. The van der Waals surface area contributed by atoms with Crippen LogP contribution >= 0.6 is 0 Å². The third-order valence-electron chi connectivity index (χ3n) is 11.1. The molecule has 3 N–H and O–H groups in total. The summed E-state index contributed by atoms with van der Waals surface area (Å²) < 4.78 is 0. The zero-order valence-electron chi connectivity index (χ0n) is 29.7. The van der Waals surface area contributed by atoms with Gasteiger partial charge in [-0.05, 0) is 91.0 Å². The minimum Gasteiger partial charge on any atom is -0.355 e. The van der Waals surface area contributed by atoms with Crippen molar-refractivity contribution in [1.29, 1.82) is 0 Å². The molecule has 2 aliphatic carbocycles. The summed E-state index contributed by atoms with van der Waals surface area (Å²) in [5, 5.41) is 3.75. The monoisotopic (exact) mass is 691 g/mol. The molecule has 0 aromatic heterocycles. The van der Waals surface area contributed by atoms with Crippen molar-refractivity contribution in [3.05, 3.63) is 233 Å². The zero-order valence-corrected chi connectivity index (χ0v) is 29.7. The molecule has 3 nitrogen and oxygen atoms in total. The molecule has 0 saturated carbocycles. The van der Waals surface area contributed by atoms with Gasteiger partial charge in [0.15, 0.2) is 0 Å². The van der Waals surface area contributed by atoms with Gasteiger partial charge in [-0.25, -0.2) is 0 Å². The Hall–Kier alpha value is -6.81. The second-order valence-corrected chi connectivity index (χ2v) is 14.2. The summed E-state index contributed by atoms with van der Waals surface area (Å²) in [5.41, 5.74) is 24.8.